The van der Waals surface area contributed by atoms with Crippen LogP contribution in [0.1, 0.15) is 19.4 Å². The number of nitrogens with zero attached hydrogens (tertiary/aromatic N) is 2. The lowest BCUT2D eigenvalue weighted by molar-refractivity contribution is -0.115. The van der Waals surface area contributed by atoms with E-state index in [1.165, 1.54) is 32.2 Å². The average molecular weight is 471 g/mol. The molecule has 0 saturated carbocycles. The van der Waals surface area contributed by atoms with Gasteiger partial charge in [0.15, 0.2) is 0 Å². The molecular weight excluding hydrogens is 448 g/mol. The fraction of sp³-hybridized carbons (Fsp3) is 0.136. The molecule has 2 aromatic carbocycles. The summed E-state index contributed by atoms with van der Waals surface area (Å²) >= 11 is 0. The van der Waals surface area contributed by atoms with Crippen LogP contribution in [0.4, 0.5) is 11.4 Å². The van der Waals surface area contributed by atoms with Crippen molar-refractivity contribution in [1.82, 2.24) is 4.98 Å². The van der Waals surface area contributed by atoms with Crippen LogP contribution in [-0.4, -0.2) is 25.2 Å². The zero-order chi connectivity index (χ0) is 23.3. The number of carbonyl (C=O) groups excluding carboxylic acids is 2. The summed E-state index contributed by atoms with van der Waals surface area (Å²) in [7, 11) is -5.24. The van der Waals surface area contributed by atoms with Crippen molar-refractivity contribution in [3.63, 3.8) is 0 Å². The zero-order valence-electron chi connectivity index (χ0n) is 17.7. The van der Waals surface area contributed by atoms with E-state index in [-0.39, 0.29) is 16.7 Å². The molecule has 0 saturated heterocycles. The Kier molecular flexibility index (Phi) is 7.16. The molecule has 1 aromatic heterocycles. The summed E-state index contributed by atoms with van der Waals surface area (Å²) in [5.74, 6) is -0.447. The van der Waals surface area contributed by atoms with Crippen molar-refractivity contribution in [2.24, 2.45) is 3.77 Å². The molecule has 8 nitrogen and oxygen atoms in total. The Morgan fingerprint density at radius 3 is 1.94 bits per heavy atom. The molecular formula is C22H22N4O4S2. The van der Waals surface area contributed by atoms with E-state index in [9.17, 15) is 18.0 Å². The highest BCUT2D eigenvalue weighted by Crippen LogP contribution is 2.24. The van der Waals surface area contributed by atoms with Crippen molar-refractivity contribution in [3.8, 4) is 0 Å². The van der Waals surface area contributed by atoms with E-state index in [1.807, 2.05) is 6.92 Å². The van der Waals surface area contributed by atoms with Crippen LogP contribution in [-0.2, 0) is 30.3 Å². The maximum absolute atomic E-state index is 13.0. The third-order valence-electron chi connectivity index (χ3n) is 4.14. The molecule has 1 atom stereocenters. The maximum atomic E-state index is 13.0. The molecule has 0 aliphatic carbocycles. The van der Waals surface area contributed by atoms with E-state index in [2.05, 4.69) is 19.4 Å². The topological polar surface area (TPSA) is 118 Å². The number of benzene rings is 2. The summed E-state index contributed by atoms with van der Waals surface area (Å²) in [6.45, 7) is 4.66. The fourth-order valence-electron chi connectivity index (χ4n) is 2.70. The number of aryl methyl sites for hydroxylation is 1. The predicted octanol–water partition coefficient (Wildman–Crippen LogP) is 3.92. The number of hydrogen-bond donors (Lipinski definition) is 2. The average Bonchev–Trinajstić information content (AvgIpc) is 2.73. The number of hydrogen-bond acceptors (Lipinski definition) is 5. The molecule has 32 heavy (non-hydrogen) atoms. The summed E-state index contributed by atoms with van der Waals surface area (Å²) in [5, 5.41) is 5.72. The molecule has 0 aliphatic heterocycles. The van der Waals surface area contributed by atoms with Crippen molar-refractivity contribution in [3.05, 3.63) is 72.4 Å². The second kappa shape index (κ2) is 9.84. The van der Waals surface area contributed by atoms with Crippen LogP contribution in [0.25, 0.3) is 0 Å². The second-order valence-electron chi connectivity index (χ2n) is 6.92. The van der Waals surface area contributed by atoms with Gasteiger partial charge in [0.1, 0.15) is 5.03 Å². The number of aromatic nitrogens is 1. The molecule has 0 aliphatic rings. The van der Waals surface area contributed by atoms with Gasteiger partial charge in [-0.2, -0.15) is 8.42 Å². The fourth-order valence-corrected chi connectivity index (χ4v) is 5.94. The van der Waals surface area contributed by atoms with E-state index in [0.29, 0.717) is 21.3 Å². The van der Waals surface area contributed by atoms with Gasteiger partial charge in [-0.1, -0.05) is 17.7 Å². The van der Waals surface area contributed by atoms with Crippen molar-refractivity contribution >= 4 is 43.9 Å². The minimum absolute atomic E-state index is 0.0883. The molecule has 0 spiro atoms. The summed E-state index contributed by atoms with van der Waals surface area (Å²) in [5.41, 5.74) is 2.01. The molecule has 166 valence electrons. The number of pyridine rings is 1. The van der Waals surface area contributed by atoms with E-state index >= 15 is 0 Å². The Hall–Kier alpha value is -3.37. The molecule has 3 rings (SSSR count). The normalized spacial score (nSPS) is 12.2. The van der Waals surface area contributed by atoms with Crippen LogP contribution in [0, 0.1) is 6.92 Å². The van der Waals surface area contributed by atoms with Gasteiger partial charge in [-0.15, -0.1) is 3.77 Å². The highest BCUT2D eigenvalue weighted by atomic mass is 32.3. The Morgan fingerprint density at radius 1 is 0.844 bits per heavy atom. The standard InChI is InChI=1S/C22H22N4O4S2/c1-15-4-11-21(12-5-15)32(29,30)26-31(20-9-6-18(7-10-20)24-16(2)27)22-13-8-19(14-23-22)25-17(3)28/h4-14H,1-3H3,(H,24,27)(H,25,28). The quantitative estimate of drug-likeness (QED) is 0.566. The Balaban J connectivity index is 2.08. The first-order valence-electron chi connectivity index (χ1n) is 9.54. The first-order chi connectivity index (χ1) is 15.1. The summed E-state index contributed by atoms with van der Waals surface area (Å²) in [6.07, 6.45) is 1.45. The Labute approximate surface area is 189 Å². The number of sulfonamides is 1. The van der Waals surface area contributed by atoms with E-state index in [0.717, 1.165) is 5.56 Å². The monoisotopic (exact) mass is 470 g/mol. The van der Waals surface area contributed by atoms with Gasteiger partial charge in [0.25, 0.3) is 10.0 Å². The maximum Gasteiger partial charge on any atom is 0.288 e. The van der Waals surface area contributed by atoms with E-state index in [1.54, 1.807) is 48.5 Å². The van der Waals surface area contributed by atoms with Gasteiger partial charge < -0.3 is 10.6 Å². The Bertz CT molecular complexity index is 1210. The first-order valence-corrected chi connectivity index (χ1v) is 12.2. The third-order valence-corrected chi connectivity index (χ3v) is 7.75. The number of amides is 2. The smallest absolute Gasteiger partial charge is 0.288 e. The van der Waals surface area contributed by atoms with Gasteiger partial charge in [0.05, 0.1) is 16.8 Å². The van der Waals surface area contributed by atoms with Crippen LogP contribution >= 0.6 is 0 Å². The van der Waals surface area contributed by atoms with Gasteiger partial charge >= 0.3 is 0 Å². The predicted molar refractivity (Wildman–Crippen MR) is 124 cm³/mol. The zero-order valence-corrected chi connectivity index (χ0v) is 19.3. The second-order valence-corrected chi connectivity index (χ2v) is 10.4. The molecule has 2 amide bonds. The van der Waals surface area contributed by atoms with E-state index < -0.39 is 20.7 Å². The molecule has 1 unspecified atom stereocenters. The van der Waals surface area contributed by atoms with Crippen LogP contribution in [0.2, 0.25) is 0 Å². The molecule has 2 N–H and O–H groups in total. The third kappa shape index (κ3) is 6.08. The number of anilines is 2. The first kappa shape index (κ1) is 23.3. The van der Waals surface area contributed by atoms with Crippen LogP contribution in [0.15, 0.2) is 85.4 Å². The minimum Gasteiger partial charge on any atom is -0.326 e. The van der Waals surface area contributed by atoms with Crippen LogP contribution in [0.5, 0.6) is 0 Å². The number of nitrogens with one attached hydrogen (secondary N) is 2. The van der Waals surface area contributed by atoms with Crippen molar-refractivity contribution in [2.75, 3.05) is 10.6 Å². The molecule has 1 heterocycles. The van der Waals surface area contributed by atoms with Crippen molar-refractivity contribution < 1.29 is 18.0 Å². The highest BCUT2D eigenvalue weighted by molar-refractivity contribution is 8.00. The molecule has 3 aromatic rings. The van der Waals surface area contributed by atoms with E-state index in [4.69, 9.17) is 0 Å². The van der Waals surface area contributed by atoms with Crippen molar-refractivity contribution in [2.45, 2.75) is 35.6 Å². The van der Waals surface area contributed by atoms with Crippen molar-refractivity contribution in [1.29, 1.82) is 0 Å². The Morgan fingerprint density at radius 2 is 1.41 bits per heavy atom. The molecule has 0 fully saturated rings. The van der Waals surface area contributed by atoms with Gasteiger partial charge in [-0.3, -0.25) is 9.59 Å². The lowest BCUT2D eigenvalue weighted by atomic mass is 10.2. The lowest BCUT2D eigenvalue weighted by Gasteiger charge is -2.11. The largest absolute Gasteiger partial charge is 0.326 e. The van der Waals surface area contributed by atoms with Gasteiger partial charge in [-0.25, -0.2) is 4.98 Å². The van der Waals surface area contributed by atoms with Gasteiger partial charge in [-0.05, 0) is 66.1 Å². The van der Waals surface area contributed by atoms with Crippen LogP contribution < -0.4 is 10.6 Å². The number of rotatable bonds is 6. The van der Waals surface area contributed by atoms with Crippen LogP contribution in [0.3, 0.4) is 0 Å². The summed E-state index contributed by atoms with van der Waals surface area (Å²) < 4.78 is 30.2. The summed E-state index contributed by atoms with van der Waals surface area (Å²) in [4.78, 5) is 27.6. The summed E-state index contributed by atoms with van der Waals surface area (Å²) in [6, 6.07) is 16.5. The minimum atomic E-state index is -3.97. The SMILES string of the molecule is CC(=O)Nc1ccc(/S(=N\S(=O)(=O)c2ccc(C)cc2)c2ccc(NC(C)=O)cn2)cc1. The number of carbonyl (C=O) groups is 2. The van der Waals surface area contributed by atoms with Gasteiger partial charge in [0, 0.05) is 24.4 Å². The molecule has 10 heteroatoms. The molecule has 0 radical (unpaired) electrons. The highest BCUT2D eigenvalue weighted by Gasteiger charge is 2.17. The van der Waals surface area contributed by atoms with Gasteiger partial charge in [0.2, 0.25) is 11.8 Å². The lowest BCUT2D eigenvalue weighted by Crippen LogP contribution is -2.08. The molecule has 0 bridgehead atoms.